The van der Waals surface area contributed by atoms with E-state index in [1.807, 2.05) is 38.4 Å². The van der Waals surface area contributed by atoms with Crippen LogP contribution in [0.1, 0.15) is 46.8 Å². The van der Waals surface area contributed by atoms with Gasteiger partial charge in [-0.3, -0.25) is 4.79 Å². The second-order valence-electron chi connectivity index (χ2n) is 6.62. The molecular weight excluding hydrogens is 300 g/mol. The Hall–Kier alpha value is -2.33. The number of amides is 1. The molecule has 4 nitrogen and oxygen atoms in total. The van der Waals surface area contributed by atoms with Crippen molar-refractivity contribution in [2.45, 2.75) is 32.9 Å². The number of rotatable bonds is 6. The summed E-state index contributed by atoms with van der Waals surface area (Å²) in [5.74, 6) is 0.0775. The minimum Gasteiger partial charge on any atom is -0.507 e. The topological polar surface area (TPSA) is 52.6 Å². The van der Waals surface area contributed by atoms with Crippen molar-refractivity contribution in [3.63, 3.8) is 0 Å². The molecule has 128 valence electrons. The average molecular weight is 326 g/mol. The van der Waals surface area contributed by atoms with Crippen LogP contribution in [-0.2, 0) is 13.1 Å². The molecule has 0 bridgehead atoms. The van der Waals surface area contributed by atoms with Crippen molar-refractivity contribution in [2.24, 2.45) is 0 Å². The van der Waals surface area contributed by atoms with E-state index in [4.69, 9.17) is 0 Å². The van der Waals surface area contributed by atoms with Gasteiger partial charge in [-0.25, -0.2) is 0 Å². The highest BCUT2D eigenvalue weighted by atomic mass is 16.3. The van der Waals surface area contributed by atoms with E-state index < -0.39 is 0 Å². The van der Waals surface area contributed by atoms with Crippen LogP contribution in [0.2, 0.25) is 0 Å². The molecule has 0 saturated carbocycles. The van der Waals surface area contributed by atoms with Gasteiger partial charge in [0.25, 0.3) is 5.91 Å². The molecule has 0 aliphatic rings. The molecule has 0 unspecified atom stereocenters. The Balaban J connectivity index is 2.09. The summed E-state index contributed by atoms with van der Waals surface area (Å²) < 4.78 is 0. The Labute approximate surface area is 144 Å². The van der Waals surface area contributed by atoms with Crippen LogP contribution in [0.5, 0.6) is 5.75 Å². The molecule has 0 aliphatic carbocycles. The molecule has 0 radical (unpaired) electrons. The number of phenolic OH excluding ortho intramolecular Hbond substituents is 1. The number of carbonyl (C=O) groups is 1. The van der Waals surface area contributed by atoms with E-state index in [0.717, 1.165) is 17.7 Å². The summed E-state index contributed by atoms with van der Waals surface area (Å²) in [6.07, 6.45) is 0. The second kappa shape index (κ2) is 7.97. The number of aromatic hydroxyl groups is 1. The smallest absolute Gasteiger partial charge is 0.255 e. The zero-order chi connectivity index (χ0) is 17.7. The molecule has 2 aromatic rings. The summed E-state index contributed by atoms with van der Waals surface area (Å²) in [5, 5.41) is 13.0. The zero-order valence-electron chi connectivity index (χ0n) is 14.8. The first kappa shape index (κ1) is 18.0. The van der Waals surface area contributed by atoms with Crippen molar-refractivity contribution < 1.29 is 9.90 Å². The van der Waals surface area contributed by atoms with Crippen molar-refractivity contribution in [3.8, 4) is 5.75 Å². The van der Waals surface area contributed by atoms with Crippen LogP contribution < -0.4 is 5.32 Å². The number of nitrogens with one attached hydrogen (secondary N) is 1. The van der Waals surface area contributed by atoms with Gasteiger partial charge in [0.2, 0.25) is 0 Å². The Morgan fingerprint density at radius 1 is 1.12 bits per heavy atom. The highest BCUT2D eigenvalue weighted by Gasteiger charge is 2.13. The number of phenols is 1. The van der Waals surface area contributed by atoms with Gasteiger partial charge >= 0.3 is 0 Å². The molecular formula is C20H26N2O2. The maximum absolute atomic E-state index is 12.4. The van der Waals surface area contributed by atoms with Gasteiger partial charge in [0.15, 0.2) is 0 Å². The minimum absolute atomic E-state index is 0.0280. The van der Waals surface area contributed by atoms with Crippen LogP contribution in [0.15, 0.2) is 42.5 Å². The minimum atomic E-state index is -0.262. The molecule has 4 heteroatoms. The molecule has 0 heterocycles. The van der Waals surface area contributed by atoms with Gasteiger partial charge < -0.3 is 15.3 Å². The first-order chi connectivity index (χ1) is 11.4. The molecule has 0 aromatic heterocycles. The number of benzene rings is 2. The lowest BCUT2D eigenvalue weighted by Gasteiger charge is -2.15. The molecule has 0 atom stereocenters. The van der Waals surface area contributed by atoms with Gasteiger partial charge in [0.1, 0.15) is 5.75 Å². The van der Waals surface area contributed by atoms with Crippen molar-refractivity contribution in [2.75, 3.05) is 14.1 Å². The lowest BCUT2D eigenvalue weighted by molar-refractivity contribution is 0.0948. The largest absolute Gasteiger partial charge is 0.507 e. The fourth-order valence-corrected chi connectivity index (χ4v) is 2.60. The van der Waals surface area contributed by atoms with Crippen LogP contribution in [0.4, 0.5) is 0 Å². The summed E-state index contributed by atoms with van der Waals surface area (Å²) >= 11 is 0. The molecule has 2 aromatic carbocycles. The van der Waals surface area contributed by atoms with Crippen LogP contribution in [0.3, 0.4) is 0 Å². The van der Waals surface area contributed by atoms with E-state index >= 15 is 0 Å². The molecule has 1 amide bonds. The molecule has 0 spiro atoms. The highest BCUT2D eigenvalue weighted by molar-refractivity contribution is 5.96. The lowest BCUT2D eigenvalue weighted by atomic mass is 10.0. The summed E-state index contributed by atoms with van der Waals surface area (Å²) in [7, 11) is 4.04. The Morgan fingerprint density at radius 2 is 1.79 bits per heavy atom. The normalized spacial score (nSPS) is 11.1. The zero-order valence-corrected chi connectivity index (χ0v) is 14.8. The summed E-state index contributed by atoms with van der Waals surface area (Å²) in [5.41, 5.74) is 3.59. The van der Waals surface area contributed by atoms with Gasteiger partial charge in [0, 0.05) is 13.1 Å². The third kappa shape index (κ3) is 4.59. The summed E-state index contributed by atoms with van der Waals surface area (Å²) in [6.45, 7) is 5.36. The van der Waals surface area contributed by atoms with E-state index in [2.05, 4.69) is 30.1 Å². The number of nitrogens with zero attached hydrogens (tertiary/aromatic N) is 1. The second-order valence-corrected chi connectivity index (χ2v) is 6.62. The maximum Gasteiger partial charge on any atom is 0.255 e. The highest BCUT2D eigenvalue weighted by Crippen LogP contribution is 2.23. The van der Waals surface area contributed by atoms with Gasteiger partial charge in [0.05, 0.1) is 5.56 Å². The Morgan fingerprint density at radius 3 is 2.38 bits per heavy atom. The lowest BCUT2D eigenvalue weighted by Crippen LogP contribution is -2.24. The van der Waals surface area contributed by atoms with Crippen LogP contribution in [-0.4, -0.2) is 30.0 Å². The van der Waals surface area contributed by atoms with Crippen molar-refractivity contribution in [3.05, 3.63) is 64.7 Å². The van der Waals surface area contributed by atoms with Gasteiger partial charge in [-0.15, -0.1) is 0 Å². The standard InChI is InChI=1S/C20H26N2O2/c1-14(2)15-9-10-18(19(23)11-15)20(24)21-12-16-7-5-6-8-17(16)13-22(3)4/h5-11,14,23H,12-13H2,1-4H3,(H,21,24). The van der Waals surface area contributed by atoms with Crippen molar-refractivity contribution in [1.82, 2.24) is 10.2 Å². The summed E-state index contributed by atoms with van der Waals surface area (Å²) in [4.78, 5) is 14.5. The van der Waals surface area contributed by atoms with E-state index in [0.29, 0.717) is 18.0 Å². The molecule has 0 fully saturated rings. The maximum atomic E-state index is 12.4. The fourth-order valence-electron chi connectivity index (χ4n) is 2.60. The first-order valence-corrected chi connectivity index (χ1v) is 8.21. The van der Waals surface area contributed by atoms with E-state index in [1.165, 1.54) is 5.56 Å². The molecule has 0 aliphatic heterocycles. The van der Waals surface area contributed by atoms with Gasteiger partial charge in [-0.05, 0) is 48.8 Å². The monoisotopic (exact) mass is 326 g/mol. The molecule has 2 N–H and O–H groups in total. The van der Waals surface area contributed by atoms with E-state index in [-0.39, 0.29) is 11.7 Å². The van der Waals surface area contributed by atoms with Gasteiger partial charge in [-0.1, -0.05) is 44.2 Å². The Bertz CT molecular complexity index is 709. The van der Waals surface area contributed by atoms with Crippen LogP contribution in [0, 0.1) is 0 Å². The van der Waals surface area contributed by atoms with E-state index in [9.17, 15) is 9.90 Å². The Kier molecular flexibility index (Phi) is 5.99. The van der Waals surface area contributed by atoms with Crippen LogP contribution in [0.25, 0.3) is 0 Å². The van der Waals surface area contributed by atoms with Crippen molar-refractivity contribution in [1.29, 1.82) is 0 Å². The molecule has 0 saturated heterocycles. The summed E-state index contributed by atoms with van der Waals surface area (Å²) in [6, 6.07) is 13.3. The third-order valence-electron chi connectivity index (χ3n) is 3.98. The molecule has 2 rings (SSSR count). The van der Waals surface area contributed by atoms with E-state index in [1.54, 1.807) is 12.1 Å². The van der Waals surface area contributed by atoms with Crippen molar-refractivity contribution >= 4 is 5.91 Å². The SMILES string of the molecule is CC(C)c1ccc(C(=O)NCc2ccccc2CN(C)C)c(O)c1. The van der Waals surface area contributed by atoms with Crippen LogP contribution >= 0.6 is 0 Å². The predicted octanol–water partition coefficient (Wildman–Crippen LogP) is 3.51. The van der Waals surface area contributed by atoms with Gasteiger partial charge in [-0.2, -0.15) is 0 Å². The number of hydrogen-bond donors (Lipinski definition) is 2. The average Bonchev–Trinajstić information content (AvgIpc) is 2.53. The predicted molar refractivity (Wildman–Crippen MR) is 97.2 cm³/mol. The molecule has 24 heavy (non-hydrogen) atoms. The first-order valence-electron chi connectivity index (χ1n) is 8.21. The fraction of sp³-hybridized carbons (Fsp3) is 0.350. The third-order valence-corrected chi connectivity index (χ3v) is 3.98. The number of hydrogen-bond acceptors (Lipinski definition) is 3. The number of carbonyl (C=O) groups excluding carboxylic acids is 1. The quantitative estimate of drug-likeness (QED) is 0.854.